The summed E-state index contributed by atoms with van der Waals surface area (Å²) in [5.41, 5.74) is 2.17. The second-order valence-corrected chi connectivity index (χ2v) is 5.63. The first kappa shape index (κ1) is 14.5. The quantitative estimate of drug-likeness (QED) is 0.765. The number of nitrogens with one attached hydrogen (secondary N) is 1. The molecular weight excluding hydrogens is 352 g/mol. The maximum absolute atomic E-state index is 13.4. The SMILES string of the molecule is CCCNC(c1cccc(F)c1)c1ccccc1I. The molecule has 0 bridgehead atoms. The first-order valence-electron chi connectivity index (χ1n) is 6.45. The third-order valence-electron chi connectivity index (χ3n) is 3.00. The van der Waals surface area contributed by atoms with Crippen LogP contribution in [0.1, 0.15) is 30.5 Å². The monoisotopic (exact) mass is 369 g/mol. The van der Waals surface area contributed by atoms with Gasteiger partial charge in [0.2, 0.25) is 0 Å². The smallest absolute Gasteiger partial charge is 0.123 e. The number of hydrogen-bond acceptors (Lipinski definition) is 1. The van der Waals surface area contributed by atoms with Gasteiger partial charge in [0.1, 0.15) is 5.82 Å². The van der Waals surface area contributed by atoms with Crippen molar-refractivity contribution >= 4 is 22.6 Å². The molecule has 0 fully saturated rings. The molecule has 0 amide bonds. The molecular formula is C16H17FIN. The van der Waals surface area contributed by atoms with Crippen LogP contribution < -0.4 is 5.32 Å². The van der Waals surface area contributed by atoms with Crippen molar-refractivity contribution in [3.8, 4) is 0 Å². The van der Waals surface area contributed by atoms with Gasteiger partial charge >= 0.3 is 0 Å². The van der Waals surface area contributed by atoms with Gasteiger partial charge in [-0.1, -0.05) is 37.3 Å². The van der Waals surface area contributed by atoms with Gasteiger partial charge in [-0.15, -0.1) is 0 Å². The highest BCUT2D eigenvalue weighted by molar-refractivity contribution is 14.1. The molecule has 19 heavy (non-hydrogen) atoms. The fourth-order valence-electron chi connectivity index (χ4n) is 2.09. The Morgan fingerprint density at radius 3 is 2.63 bits per heavy atom. The van der Waals surface area contributed by atoms with E-state index in [9.17, 15) is 4.39 Å². The molecule has 0 heterocycles. The highest BCUT2D eigenvalue weighted by Gasteiger charge is 2.16. The van der Waals surface area contributed by atoms with E-state index in [1.165, 1.54) is 15.2 Å². The van der Waals surface area contributed by atoms with Gasteiger partial charge < -0.3 is 5.32 Å². The Balaban J connectivity index is 2.38. The average molecular weight is 369 g/mol. The lowest BCUT2D eigenvalue weighted by Gasteiger charge is -2.21. The molecule has 100 valence electrons. The van der Waals surface area contributed by atoms with Crippen molar-refractivity contribution in [2.75, 3.05) is 6.54 Å². The van der Waals surface area contributed by atoms with Gasteiger partial charge in [0.05, 0.1) is 6.04 Å². The Morgan fingerprint density at radius 2 is 1.95 bits per heavy atom. The molecule has 2 aromatic carbocycles. The minimum Gasteiger partial charge on any atom is -0.306 e. The van der Waals surface area contributed by atoms with Gasteiger partial charge in [-0.25, -0.2) is 4.39 Å². The fourth-order valence-corrected chi connectivity index (χ4v) is 2.79. The molecule has 0 saturated carbocycles. The van der Waals surface area contributed by atoms with Crippen LogP contribution in [0.15, 0.2) is 48.5 Å². The molecule has 1 nitrogen and oxygen atoms in total. The zero-order valence-corrected chi connectivity index (χ0v) is 13.0. The van der Waals surface area contributed by atoms with Crippen molar-refractivity contribution in [1.29, 1.82) is 0 Å². The number of halogens is 2. The van der Waals surface area contributed by atoms with Gasteiger partial charge in [0.15, 0.2) is 0 Å². The molecule has 0 aliphatic carbocycles. The van der Waals surface area contributed by atoms with Gasteiger partial charge in [-0.2, -0.15) is 0 Å². The van der Waals surface area contributed by atoms with E-state index in [0.717, 1.165) is 18.5 Å². The van der Waals surface area contributed by atoms with E-state index >= 15 is 0 Å². The van der Waals surface area contributed by atoms with E-state index in [1.54, 1.807) is 12.1 Å². The predicted octanol–water partition coefficient (Wildman–Crippen LogP) is 4.52. The summed E-state index contributed by atoms with van der Waals surface area (Å²) in [6.07, 6.45) is 1.05. The molecule has 2 aromatic rings. The second-order valence-electron chi connectivity index (χ2n) is 4.46. The lowest BCUT2D eigenvalue weighted by molar-refractivity contribution is 0.584. The number of rotatable bonds is 5. The van der Waals surface area contributed by atoms with Crippen molar-refractivity contribution < 1.29 is 4.39 Å². The summed E-state index contributed by atoms with van der Waals surface area (Å²) in [6, 6.07) is 15.1. The maximum atomic E-state index is 13.4. The summed E-state index contributed by atoms with van der Waals surface area (Å²) in [5, 5.41) is 3.50. The van der Waals surface area contributed by atoms with E-state index in [0.29, 0.717) is 0 Å². The predicted molar refractivity (Wildman–Crippen MR) is 85.7 cm³/mol. The molecule has 1 N–H and O–H groups in total. The highest BCUT2D eigenvalue weighted by Crippen LogP contribution is 2.26. The van der Waals surface area contributed by atoms with E-state index in [2.05, 4.69) is 47.0 Å². The van der Waals surface area contributed by atoms with E-state index in [4.69, 9.17) is 0 Å². The van der Waals surface area contributed by atoms with Crippen LogP contribution in [-0.2, 0) is 0 Å². The van der Waals surface area contributed by atoms with Gasteiger partial charge in [-0.3, -0.25) is 0 Å². The lowest BCUT2D eigenvalue weighted by atomic mass is 9.98. The molecule has 0 saturated heterocycles. The lowest BCUT2D eigenvalue weighted by Crippen LogP contribution is -2.24. The third-order valence-corrected chi connectivity index (χ3v) is 3.98. The van der Waals surface area contributed by atoms with Crippen molar-refractivity contribution in [3.05, 3.63) is 69.0 Å². The number of hydrogen-bond donors (Lipinski definition) is 1. The van der Waals surface area contributed by atoms with Gasteiger partial charge in [0.25, 0.3) is 0 Å². The molecule has 0 aliphatic rings. The third kappa shape index (κ3) is 3.76. The van der Waals surface area contributed by atoms with Crippen LogP contribution in [0.3, 0.4) is 0 Å². The minimum atomic E-state index is -0.188. The first-order chi connectivity index (χ1) is 9.22. The Hall–Kier alpha value is -0.940. The van der Waals surface area contributed by atoms with E-state index in [1.807, 2.05) is 18.2 Å². The van der Waals surface area contributed by atoms with E-state index in [-0.39, 0.29) is 11.9 Å². The Bertz CT molecular complexity index is 542. The van der Waals surface area contributed by atoms with Crippen LogP contribution in [0.5, 0.6) is 0 Å². The van der Waals surface area contributed by atoms with Crippen LogP contribution >= 0.6 is 22.6 Å². The zero-order chi connectivity index (χ0) is 13.7. The molecule has 0 radical (unpaired) electrons. The second kappa shape index (κ2) is 7.01. The standard InChI is InChI=1S/C16H17FIN/c1-2-10-19-16(12-6-5-7-13(17)11-12)14-8-3-4-9-15(14)18/h3-9,11,16,19H,2,10H2,1H3. The van der Waals surface area contributed by atoms with Crippen molar-refractivity contribution in [2.45, 2.75) is 19.4 Å². The van der Waals surface area contributed by atoms with Gasteiger partial charge in [-0.05, 0) is 64.9 Å². The Morgan fingerprint density at radius 1 is 1.16 bits per heavy atom. The van der Waals surface area contributed by atoms with Crippen LogP contribution in [0.4, 0.5) is 4.39 Å². The molecule has 1 atom stereocenters. The summed E-state index contributed by atoms with van der Waals surface area (Å²) >= 11 is 2.33. The van der Waals surface area contributed by atoms with Crippen LogP contribution in [0.2, 0.25) is 0 Å². The first-order valence-corrected chi connectivity index (χ1v) is 7.53. The molecule has 0 spiro atoms. The largest absolute Gasteiger partial charge is 0.306 e. The molecule has 0 aromatic heterocycles. The van der Waals surface area contributed by atoms with Crippen molar-refractivity contribution in [1.82, 2.24) is 5.32 Å². The summed E-state index contributed by atoms with van der Waals surface area (Å²) in [6.45, 7) is 3.04. The summed E-state index contributed by atoms with van der Waals surface area (Å²) < 4.78 is 14.6. The topological polar surface area (TPSA) is 12.0 Å². The fraction of sp³-hybridized carbons (Fsp3) is 0.250. The molecule has 2 rings (SSSR count). The van der Waals surface area contributed by atoms with Gasteiger partial charge in [0, 0.05) is 3.57 Å². The average Bonchev–Trinajstić information content (AvgIpc) is 2.41. The Kier molecular flexibility index (Phi) is 5.34. The van der Waals surface area contributed by atoms with Crippen LogP contribution in [0, 0.1) is 9.39 Å². The highest BCUT2D eigenvalue weighted by atomic mass is 127. The van der Waals surface area contributed by atoms with Crippen LogP contribution in [-0.4, -0.2) is 6.54 Å². The molecule has 0 aliphatic heterocycles. The summed E-state index contributed by atoms with van der Waals surface area (Å²) in [4.78, 5) is 0. The van der Waals surface area contributed by atoms with Crippen LogP contribution in [0.25, 0.3) is 0 Å². The van der Waals surface area contributed by atoms with Crippen molar-refractivity contribution in [3.63, 3.8) is 0 Å². The normalized spacial score (nSPS) is 12.4. The Labute approximate surface area is 127 Å². The summed E-state index contributed by atoms with van der Waals surface area (Å²) in [7, 11) is 0. The van der Waals surface area contributed by atoms with Crippen molar-refractivity contribution in [2.24, 2.45) is 0 Å². The summed E-state index contributed by atoms with van der Waals surface area (Å²) in [5.74, 6) is -0.188. The zero-order valence-electron chi connectivity index (χ0n) is 10.9. The minimum absolute atomic E-state index is 0.0451. The molecule has 1 unspecified atom stereocenters. The molecule has 3 heteroatoms. The van der Waals surface area contributed by atoms with E-state index < -0.39 is 0 Å². The maximum Gasteiger partial charge on any atom is 0.123 e. The number of benzene rings is 2.